The Morgan fingerprint density at radius 3 is 3.06 bits per heavy atom. The number of hydrogen-bond acceptors (Lipinski definition) is 5. The lowest BCUT2D eigenvalue weighted by molar-refractivity contribution is -0.0138. The van der Waals surface area contributed by atoms with Crippen LogP contribution < -0.4 is 10.6 Å². The Balaban J connectivity index is 1.60. The summed E-state index contributed by atoms with van der Waals surface area (Å²) >= 11 is 0. The number of piperidine rings is 1. The summed E-state index contributed by atoms with van der Waals surface area (Å²) < 4.78 is 5.99. The van der Waals surface area contributed by atoms with E-state index >= 15 is 0 Å². The van der Waals surface area contributed by atoms with Crippen LogP contribution in [0.2, 0.25) is 0 Å². The van der Waals surface area contributed by atoms with Crippen LogP contribution >= 0.6 is 0 Å². The second kappa shape index (κ2) is 4.58. The molecular weight excluding hydrogens is 216 g/mol. The van der Waals surface area contributed by atoms with E-state index in [2.05, 4.69) is 20.6 Å². The molecule has 0 aromatic carbocycles. The van der Waals surface area contributed by atoms with Crippen LogP contribution in [0.25, 0.3) is 0 Å². The van der Waals surface area contributed by atoms with Crippen molar-refractivity contribution in [2.45, 2.75) is 30.9 Å². The summed E-state index contributed by atoms with van der Waals surface area (Å²) in [5, 5.41) is 6.76. The molecule has 0 unspecified atom stereocenters. The average molecular weight is 234 g/mol. The van der Waals surface area contributed by atoms with Gasteiger partial charge in [0.15, 0.2) is 0 Å². The van der Waals surface area contributed by atoms with Gasteiger partial charge in [-0.15, -0.1) is 0 Å². The van der Waals surface area contributed by atoms with Crippen LogP contribution in [0, 0.1) is 0 Å². The van der Waals surface area contributed by atoms with Crippen LogP contribution in [0.5, 0.6) is 0 Å². The molecule has 2 atom stereocenters. The van der Waals surface area contributed by atoms with Crippen molar-refractivity contribution in [3.8, 4) is 0 Å². The Labute approximate surface area is 101 Å². The normalized spacial score (nSPS) is 32.8. The van der Waals surface area contributed by atoms with Gasteiger partial charge in [0, 0.05) is 25.4 Å². The fourth-order valence-electron chi connectivity index (χ4n) is 2.73. The summed E-state index contributed by atoms with van der Waals surface area (Å²) in [6.45, 7) is 2.84. The van der Waals surface area contributed by atoms with Crippen LogP contribution in [0.1, 0.15) is 19.3 Å². The minimum Gasteiger partial charge on any atom is -0.371 e. The number of rotatable bonds is 2. The van der Waals surface area contributed by atoms with Gasteiger partial charge in [0.25, 0.3) is 0 Å². The molecule has 3 rings (SSSR count). The van der Waals surface area contributed by atoms with E-state index in [0.29, 0.717) is 12.0 Å². The first-order valence-electron chi connectivity index (χ1n) is 6.25. The lowest BCUT2D eigenvalue weighted by Crippen LogP contribution is -2.45. The lowest BCUT2D eigenvalue weighted by Gasteiger charge is -2.32. The van der Waals surface area contributed by atoms with Gasteiger partial charge in [-0.2, -0.15) is 0 Å². The maximum atomic E-state index is 5.99. The van der Waals surface area contributed by atoms with E-state index in [1.165, 1.54) is 6.42 Å². The fourth-order valence-corrected chi connectivity index (χ4v) is 2.73. The molecule has 1 aromatic heterocycles. The molecule has 0 aliphatic carbocycles. The molecule has 0 bridgehead atoms. The molecular formula is C12H18N4O. The highest BCUT2D eigenvalue weighted by Crippen LogP contribution is 2.32. The van der Waals surface area contributed by atoms with Gasteiger partial charge in [-0.25, -0.2) is 9.97 Å². The summed E-state index contributed by atoms with van der Waals surface area (Å²) in [7, 11) is 0. The van der Waals surface area contributed by atoms with Crippen LogP contribution in [0.15, 0.2) is 18.5 Å². The van der Waals surface area contributed by atoms with Crippen LogP contribution in [-0.2, 0) is 4.74 Å². The zero-order chi connectivity index (χ0) is 11.6. The molecule has 5 nitrogen and oxygen atoms in total. The van der Waals surface area contributed by atoms with Crippen molar-refractivity contribution in [2.24, 2.45) is 0 Å². The number of aromatic nitrogens is 2. The quantitative estimate of drug-likeness (QED) is 0.792. The maximum Gasteiger partial charge on any atom is 0.222 e. The zero-order valence-electron chi connectivity index (χ0n) is 9.85. The predicted molar refractivity (Wildman–Crippen MR) is 64.8 cm³/mol. The smallest absolute Gasteiger partial charge is 0.222 e. The van der Waals surface area contributed by atoms with Crippen molar-refractivity contribution in [1.29, 1.82) is 0 Å². The summed E-state index contributed by atoms with van der Waals surface area (Å²) in [5.74, 6) is 0.696. The van der Waals surface area contributed by atoms with Gasteiger partial charge < -0.3 is 15.4 Å². The Hall–Kier alpha value is -1.20. The molecule has 0 amide bonds. The third kappa shape index (κ3) is 2.40. The summed E-state index contributed by atoms with van der Waals surface area (Å²) in [5.41, 5.74) is 0.0463. The molecule has 92 valence electrons. The lowest BCUT2D eigenvalue weighted by atomic mass is 9.90. The number of nitrogens with one attached hydrogen (secondary N) is 2. The molecule has 0 radical (unpaired) electrons. The van der Waals surface area contributed by atoms with Crippen molar-refractivity contribution in [3.05, 3.63) is 18.5 Å². The number of ether oxygens (including phenoxy) is 1. The van der Waals surface area contributed by atoms with Gasteiger partial charge in [0.1, 0.15) is 0 Å². The second-order valence-electron chi connectivity index (χ2n) is 4.89. The van der Waals surface area contributed by atoms with Crippen LogP contribution in [-0.4, -0.2) is 41.3 Å². The minimum absolute atomic E-state index is 0.0463. The number of hydrogen-bond donors (Lipinski definition) is 2. The van der Waals surface area contributed by atoms with Crippen molar-refractivity contribution in [1.82, 2.24) is 15.3 Å². The molecule has 2 saturated heterocycles. The standard InChI is InChI=1S/C12H18N4O/c1-3-12(9-13-4-1)7-10(8-17-12)16-11-14-5-2-6-15-11/h2,5-6,10,13H,1,3-4,7-9H2,(H,14,15,16)/t10-,12-/m1/s1. The second-order valence-corrected chi connectivity index (χ2v) is 4.89. The third-order valence-electron chi connectivity index (χ3n) is 3.54. The highest BCUT2D eigenvalue weighted by molar-refractivity contribution is 5.25. The van der Waals surface area contributed by atoms with Crippen LogP contribution in [0.3, 0.4) is 0 Å². The SMILES string of the molecule is c1cnc(N[C@H]2CO[C@]3(CCCNC3)C2)nc1. The van der Waals surface area contributed by atoms with Gasteiger partial charge in [-0.1, -0.05) is 0 Å². The Morgan fingerprint density at radius 1 is 1.41 bits per heavy atom. The molecule has 3 heterocycles. The van der Waals surface area contributed by atoms with Gasteiger partial charge in [-0.3, -0.25) is 0 Å². The van der Waals surface area contributed by atoms with Crippen molar-refractivity contribution in [2.75, 3.05) is 25.0 Å². The first kappa shape index (κ1) is 10.9. The van der Waals surface area contributed by atoms with Gasteiger partial charge in [0.2, 0.25) is 5.95 Å². The summed E-state index contributed by atoms with van der Waals surface area (Å²) in [4.78, 5) is 8.36. The molecule has 0 saturated carbocycles. The van der Waals surface area contributed by atoms with E-state index in [-0.39, 0.29) is 5.60 Å². The zero-order valence-corrected chi connectivity index (χ0v) is 9.85. The highest BCUT2D eigenvalue weighted by atomic mass is 16.5. The van der Waals surface area contributed by atoms with Gasteiger partial charge in [0.05, 0.1) is 18.2 Å². The number of nitrogens with zero attached hydrogens (tertiary/aromatic N) is 2. The molecule has 2 aliphatic heterocycles. The first-order valence-corrected chi connectivity index (χ1v) is 6.25. The first-order chi connectivity index (χ1) is 8.36. The monoisotopic (exact) mass is 234 g/mol. The van der Waals surface area contributed by atoms with Gasteiger partial charge >= 0.3 is 0 Å². The molecule has 2 N–H and O–H groups in total. The van der Waals surface area contributed by atoms with Gasteiger partial charge in [-0.05, 0) is 25.5 Å². The minimum atomic E-state index is 0.0463. The van der Waals surface area contributed by atoms with E-state index in [4.69, 9.17) is 4.74 Å². The Morgan fingerprint density at radius 2 is 2.29 bits per heavy atom. The predicted octanol–water partition coefficient (Wildman–Crippen LogP) is 0.800. The number of anilines is 1. The van der Waals surface area contributed by atoms with E-state index in [0.717, 1.165) is 32.5 Å². The fraction of sp³-hybridized carbons (Fsp3) is 0.667. The van der Waals surface area contributed by atoms with Crippen LogP contribution in [0.4, 0.5) is 5.95 Å². The molecule has 5 heteroatoms. The molecule has 2 aliphatic rings. The summed E-state index contributed by atoms with van der Waals surface area (Å²) in [6.07, 6.45) is 6.91. The highest BCUT2D eigenvalue weighted by Gasteiger charge is 2.41. The van der Waals surface area contributed by atoms with E-state index < -0.39 is 0 Å². The van der Waals surface area contributed by atoms with Crippen molar-refractivity contribution in [3.63, 3.8) is 0 Å². The third-order valence-corrected chi connectivity index (χ3v) is 3.54. The molecule has 2 fully saturated rings. The van der Waals surface area contributed by atoms with E-state index in [1.54, 1.807) is 12.4 Å². The molecule has 1 spiro atoms. The molecule has 1 aromatic rings. The largest absolute Gasteiger partial charge is 0.371 e. The average Bonchev–Trinajstić information content (AvgIpc) is 2.74. The Bertz CT molecular complexity index is 364. The summed E-state index contributed by atoms with van der Waals surface area (Å²) in [6, 6.07) is 2.15. The Kier molecular flexibility index (Phi) is 2.94. The molecule has 17 heavy (non-hydrogen) atoms. The van der Waals surface area contributed by atoms with E-state index in [1.807, 2.05) is 6.07 Å². The van der Waals surface area contributed by atoms with Crippen molar-refractivity contribution < 1.29 is 4.74 Å². The topological polar surface area (TPSA) is 59.1 Å². The van der Waals surface area contributed by atoms with Crippen molar-refractivity contribution >= 4 is 5.95 Å². The van der Waals surface area contributed by atoms with E-state index in [9.17, 15) is 0 Å². The maximum absolute atomic E-state index is 5.99.